The van der Waals surface area contributed by atoms with Crippen molar-refractivity contribution in [2.75, 3.05) is 13.1 Å². The number of benzene rings is 1. The lowest BCUT2D eigenvalue weighted by Crippen LogP contribution is -2.31. The molecular weight excluding hydrogens is 332 g/mol. The van der Waals surface area contributed by atoms with Crippen LogP contribution in [0.4, 0.5) is 0 Å². The van der Waals surface area contributed by atoms with Crippen LogP contribution in [0.3, 0.4) is 0 Å². The maximum Gasteiger partial charge on any atom is 0.200 e. The zero-order valence-electron chi connectivity index (χ0n) is 14.5. The summed E-state index contributed by atoms with van der Waals surface area (Å²) in [5, 5.41) is 29.1. The van der Waals surface area contributed by atoms with Crippen molar-refractivity contribution < 1.29 is 15.3 Å². The Bertz CT molecular complexity index is 866. The SMILES string of the molecule is Oc1ccc(CN2CCc3nc(C4=NCCCC4)ncc3C2)c(O)c1O. The van der Waals surface area contributed by atoms with Crippen molar-refractivity contribution in [3.8, 4) is 17.2 Å². The number of fused-ring (bicyclic) bond motifs is 1. The molecule has 0 saturated carbocycles. The fraction of sp³-hybridized carbons (Fsp3) is 0.421. The number of phenols is 3. The fourth-order valence-corrected chi connectivity index (χ4v) is 3.51. The van der Waals surface area contributed by atoms with Crippen LogP contribution in [0.25, 0.3) is 0 Å². The highest BCUT2D eigenvalue weighted by atomic mass is 16.3. The quantitative estimate of drug-likeness (QED) is 0.730. The lowest BCUT2D eigenvalue weighted by molar-refractivity contribution is 0.238. The number of phenolic OH excluding ortho intramolecular Hbond substituents is 3. The van der Waals surface area contributed by atoms with Crippen LogP contribution in [-0.2, 0) is 19.5 Å². The Balaban J connectivity index is 1.50. The highest BCUT2D eigenvalue weighted by Crippen LogP contribution is 2.37. The van der Waals surface area contributed by atoms with Crippen LogP contribution in [0.5, 0.6) is 17.2 Å². The highest BCUT2D eigenvalue weighted by molar-refractivity contribution is 5.97. The molecule has 7 nitrogen and oxygen atoms in total. The molecule has 0 bridgehead atoms. The molecule has 0 amide bonds. The summed E-state index contributed by atoms with van der Waals surface area (Å²) >= 11 is 0. The second-order valence-electron chi connectivity index (χ2n) is 6.85. The van der Waals surface area contributed by atoms with E-state index in [0.717, 1.165) is 61.6 Å². The van der Waals surface area contributed by atoms with Gasteiger partial charge in [-0.05, 0) is 25.3 Å². The number of aliphatic imine (C=N–C) groups is 1. The van der Waals surface area contributed by atoms with Crippen LogP contribution in [0, 0.1) is 0 Å². The van der Waals surface area contributed by atoms with E-state index in [1.165, 1.54) is 6.07 Å². The number of rotatable bonds is 3. The van der Waals surface area contributed by atoms with Crippen LogP contribution in [0.15, 0.2) is 23.3 Å². The smallest absolute Gasteiger partial charge is 0.200 e. The molecule has 1 aromatic heterocycles. The van der Waals surface area contributed by atoms with Crippen molar-refractivity contribution in [1.29, 1.82) is 0 Å². The Labute approximate surface area is 151 Å². The molecule has 0 fully saturated rings. The second-order valence-corrected chi connectivity index (χ2v) is 6.85. The fourth-order valence-electron chi connectivity index (χ4n) is 3.51. The van der Waals surface area contributed by atoms with Gasteiger partial charge in [-0.15, -0.1) is 0 Å². The Hall–Kier alpha value is -2.67. The molecule has 0 atom stereocenters. The molecule has 2 aromatic rings. The van der Waals surface area contributed by atoms with Crippen LogP contribution >= 0.6 is 0 Å². The Morgan fingerprint density at radius 2 is 1.92 bits per heavy atom. The molecule has 0 spiro atoms. The Morgan fingerprint density at radius 3 is 2.73 bits per heavy atom. The molecule has 4 rings (SSSR count). The topological polar surface area (TPSA) is 102 Å². The zero-order chi connectivity index (χ0) is 18.1. The Kier molecular flexibility index (Phi) is 4.46. The van der Waals surface area contributed by atoms with E-state index in [1.807, 2.05) is 6.20 Å². The maximum absolute atomic E-state index is 10.0. The third kappa shape index (κ3) is 3.22. The number of hydrogen-bond acceptors (Lipinski definition) is 7. The highest BCUT2D eigenvalue weighted by Gasteiger charge is 2.22. The molecule has 0 radical (unpaired) electrons. The van der Waals surface area contributed by atoms with Gasteiger partial charge in [0.25, 0.3) is 0 Å². The first-order chi connectivity index (χ1) is 12.6. The largest absolute Gasteiger partial charge is 0.504 e. The molecule has 2 aliphatic rings. The van der Waals surface area contributed by atoms with Crippen molar-refractivity contribution >= 4 is 5.71 Å². The summed E-state index contributed by atoms with van der Waals surface area (Å²) in [6, 6.07) is 3.02. The first-order valence-corrected chi connectivity index (χ1v) is 8.95. The summed E-state index contributed by atoms with van der Waals surface area (Å²) in [6.07, 6.45) is 5.94. The average Bonchev–Trinajstić information content (AvgIpc) is 2.69. The van der Waals surface area contributed by atoms with E-state index >= 15 is 0 Å². The normalized spacial score (nSPS) is 17.6. The molecule has 7 heteroatoms. The van der Waals surface area contributed by atoms with E-state index in [1.54, 1.807) is 6.07 Å². The summed E-state index contributed by atoms with van der Waals surface area (Å²) in [5.74, 6) is -0.293. The second kappa shape index (κ2) is 6.92. The van der Waals surface area contributed by atoms with E-state index in [4.69, 9.17) is 4.98 Å². The predicted molar refractivity (Wildman–Crippen MR) is 96.5 cm³/mol. The lowest BCUT2D eigenvalue weighted by Gasteiger charge is -2.28. The summed E-state index contributed by atoms with van der Waals surface area (Å²) in [6.45, 7) is 2.83. The van der Waals surface area contributed by atoms with Gasteiger partial charge in [0.2, 0.25) is 5.75 Å². The molecule has 26 heavy (non-hydrogen) atoms. The lowest BCUT2D eigenvalue weighted by atomic mass is 10.0. The van der Waals surface area contributed by atoms with Gasteiger partial charge in [-0.25, -0.2) is 9.97 Å². The molecule has 2 aliphatic heterocycles. The third-order valence-corrected chi connectivity index (χ3v) is 5.00. The van der Waals surface area contributed by atoms with Gasteiger partial charge in [0.05, 0.1) is 11.4 Å². The van der Waals surface area contributed by atoms with E-state index in [0.29, 0.717) is 18.7 Å². The number of hydrogen-bond donors (Lipinski definition) is 3. The molecule has 136 valence electrons. The summed E-state index contributed by atoms with van der Waals surface area (Å²) in [7, 11) is 0. The summed E-state index contributed by atoms with van der Waals surface area (Å²) < 4.78 is 0. The molecular formula is C19H22N4O3. The van der Waals surface area contributed by atoms with Gasteiger partial charge < -0.3 is 15.3 Å². The van der Waals surface area contributed by atoms with Crippen molar-refractivity contribution in [3.05, 3.63) is 41.0 Å². The third-order valence-electron chi connectivity index (χ3n) is 5.00. The van der Waals surface area contributed by atoms with Gasteiger partial charge in [-0.1, -0.05) is 6.07 Å². The van der Waals surface area contributed by atoms with Gasteiger partial charge in [0, 0.05) is 49.9 Å². The molecule has 0 aliphatic carbocycles. The van der Waals surface area contributed by atoms with Crippen LogP contribution < -0.4 is 0 Å². The van der Waals surface area contributed by atoms with Crippen molar-refractivity contribution in [1.82, 2.24) is 14.9 Å². The average molecular weight is 354 g/mol. The van der Waals surface area contributed by atoms with E-state index in [-0.39, 0.29) is 11.5 Å². The molecule has 0 unspecified atom stereocenters. The van der Waals surface area contributed by atoms with Gasteiger partial charge in [0.15, 0.2) is 17.3 Å². The van der Waals surface area contributed by atoms with Gasteiger partial charge in [-0.2, -0.15) is 0 Å². The van der Waals surface area contributed by atoms with Crippen molar-refractivity contribution in [2.24, 2.45) is 4.99 Å². The predicted octanol–water partition coefficient (Wildman–Crippen LogP) is 2.12. The minimum atomic E-state index is -0.471. The number of aromatic hydroxyl groups is 3. The van der Waals surface area contributed by atoms with Gasteiger partial charge in [-0.3, -0.25) is 9.89 Å². The summed E-state index contributed by atoms with van der Waals surface area (Å²) in [5.41, 5.74) is 3.75. The van der Waals surface area contributed by atoms with E-state index in [9.17, 15) is 15.3 Å². The minimum absolute atomic E-state index is 0.266. The van der Waals surface area contributed by atoms with Crippen LogP contribution in [0.1, 0.15) is 41.9 Å². The molecule has 0 saturated heterocycles. The standard InChI is InChI=1S/C19H22N4O3/c24-16-5-4-12(17(25)18(16)26)10-23-8-6-14-13(11-23)9-21-19(22-14)15-3-1-2-7-20-15/h4-5,9,24-26H,1-3,6-8,10-11H2. The van der Waals surface area contributed by atoms with E-state index < -0.39 is 5.75 Å². The number of nitrogens with zero attached hydrogens (tertiary/aromatic N) is 4. The minimum Gasteiger partial charge on any atom is -0.504 e. The van der Waals surface area contributed by atoms with Gasteiger partial charge in [0.1, 0.15) is 0 Å². The Morgan fingerprint density at radius 1 is 1.04 bits per heavy atom. The van der Waals surface area contributed by atoms with Crippen molar-refractivity contribution in [3.63, 3.8) is 0 Å². The monoisotopic (exact) mass is 354 g/mol. The zero-order valence-corrected chi connectivity index (χ0v) is 14.5. The van der Waals surface area contributed by atoms with E-state index in [2.05, 4.69) is 14.9 Å². The maximum atomic E-state index is 10.0. The first kappa shape index (κ1) is 16.8. The molecule has 3 heterocycles. The number of aromatic nitrogens is 2. The van der Waals surface area contributed by atoms with Crippen LogP contribution in [-0.4, -0.2) is 49.0 Å². The molecule has 1 aromatic carbocycles. The van der Waals surface area contributed by atoms with Crippen LogP contribution in [0.2, 0.25) is 0 Å². The van der Waals surface area contributed by atoms with Gasteiger partial charge >= 0.3 is 0 Å². The first-order valence-electron chi connectivity index (χ1n) is 8.95. The molecule has 3 N–H and O–H groups in total. The van der Waals surface area contributed by atoms with Crippen molar-refractivity contribution in [2.45, 2.75) is 38.8 Å². The summed E-state index contributed by atoms with van der Waals surface area (Å²) in [4.78, 5) is 16.0.